The standard InChI is InChI=1S/C13H20N2O3S/c1-4-19(17,18)15(3)10-13(16)14-9-12-7-5-6-11(2)8-12/h5-8H,4,9-10H2,1-3H3,(H,14,16). The van der Waals surface area contributed by atoms with Crippen molar-refractivity contribution in [2.75, 3.05) is 19.3 Å². The molecule has 0 saturated heterocycles. The van der Waals surface area contributed by atoms with E-state index in [9.17, 15) is 13.2 Å². The third kappa shape index (κ3) is 5.00. The van der Waals surface area contributed by atoms with Crippen LogP contribution in [0.4, 0.5) is 0 Å². The number of rotatable bonds is 6. The topological polar surface area (TPSA) is 66.5 Å². The van der Waals surface area contributed by atoms with Gasteiger partial charge in [-0.2, -0.15) is 4.31 Å². The zero-order chi connectivity index (χ0) is 14.5. The van der Waals surface area contributed by atoms with Gasteiger partial charge in [-0.15, -0.1) is 0 Å². The van der Waals surface area contributed by atoms with Gasteiger partial charge in [0, 0.05) is 13.6 Å². The molecule has 0 bridgehead atoms. The van der Waals surface area contributed by atoms with E-state index in [1.54, 1.807) is 6.92 Å². The molecule has 1 rings (SSSR count). The average Bonchev–Trinajstić information content (AvgIpc) is 2.36. The molecule has 1 amide bonds. The smallest absolute Gasteiger partial charge is 0.235 e. The van der Waals surface area contributed by atoms with Gasteiger partial charge in [-0.3, -0.25) is 4.79 Å². The molecule has 0 aliphatic rings. The van der Waals surface area contributed by atoms with Crippen LogP contribution >= 0.6 is 0 Å². The highest BCUT2D eigenvalue weighted by Crippen LogP contribution is 2.03. The fraction of sp³-hybridized carbons (Fsp3) is 0.462. The molecule has 19 heavy (non-hydrogen) atoms. The van der Waals surface area contributed by atoms with Crippen molar-refractivity contribution in [3.8, 4) is 0 Å². The van der Waals surface area contributed by atoms with Crippen LogP contribution in [0.5, 0.6) is 0 Å². The average molecular weight is 284 g/mol. The van der Waals surface area contributed by atoms with E-state index in [1.807, 2.05) is 31.2 Å². The molecular weight excluding hydrogens is 264 g/mol. The Balaban J connectivity index is 2.49. The van der Waals surface area contributed by atoms with Gasteiger partial charge >= 0.3 is 0 Å². The van der Waals surface area contributed by atoms with Gasteiger partial charge in [0.2, 0.25) is 15.9 Å². The van der Waals surface area contributed by atoms with E-state index in [4.69, 9.17) is 0 Å². The van der Waals surface area contributed by atoms with Crippen LogP contribution in [0.25, 0.3) is 0 Å². The SMILES string of the molecule is CCS(=O)(=O)N(C)CC(=O)NCc1cccc(C)c1. The summed E-state index contributed by atoms with van der Waals surface area (Å²) >= 11 is 0. The summed E-state index contributed by atoms with van der Waals surface area (Å²) in [5.41, 5.74) is 2.12. The third-order valence-corrected chi connectivity index (χ3v) is 4.59. The minimum atomic E-state index is -3.31. The quantitative estimate of drug-likeness (QED) is 0.843. The van der Waals surface area contributed by atoms with Crippen molar-refractivity contribution in [1.29, 1.82) is 0 Å². The van der Waals surface area contributed by atoms with Crippen LogP contribution in [0, 0.1) is 6.92 Å². The minimum absolute atomic E-state index is 0.00530. The predicted octanol–water partition coefficient (Wildman–Crippen LogP) is 0.893. The number of aryl methyl sites for hydroxylation is 1. The predicted molar refractivity (Wildman–Crippen MR) is 75.1 cm³/mol. The summed E-state index contributed by atoms with van der Waals surface area (Å²) in [4.78, 5) is 11.7. The summed E-state index contributed by atoms with van der Waals surface area (Å²) in [5.74, 6) is -0.310. The van der Waals surface area contributed by atoms with Crippen LogP contribution in [-0.2, 0) is 21.4 Å². The molecule has 1 aromatic carbocycles. The molecule has 0 heterocycles. The number of carbonyl (C=O) groups excluding carboxylic acids is 1. The molecule has 5 nitrogen and oxygen atoms in total. The molecule has 0 atom stereocenters. The van der Waals surface area contributed by atoms with Gasteiger partial charge in [-0.25, -0.2) is 8.42 Å². The van der Waals surface area contributed by atoms with Crippen molar-refractivity contribution in [3.63, 3.8) is 0 Å². The number of nitrogens with one attached hydrogen (secondary N) is 1. The van der Waals surface area contributed by atoms with Crippen LogP contribution < -0.4 is 5.32 Å². The first-order chi connectivity index (χ1) is 8.85. The van der Waals surface area contributed by atoms with Crippen molar-refractivity contribution in [2.24, 2.45) is 0 Å². The Labute approximate surface area is 114 Å². The zero-order valence-electron chi connectivity index (χ0n) is 11.5. The van der Waals surface area contributed by atoms with E-state index in [0.717, 1.165) is 15.4 Å². The molecule has 1 aromatic rings. The summed E-state index contributed by atoms with van der Waals surface area (Å²) in [6, 6.07) is 7.80. The molecule has 0 unspecified atom stereocenters. The number of amides is 1. The maximum Gasteiger partial charge on any atom is 0.235 e. The van der Waals surface area contributed by atoms with E-state index < -0.39 is 10.0 Å². The molecule has 0 aromatic heterocycles. The number of nitrogens with zero attached hydrogens (tertiary/aromatic N) is 1. The number of benzene rings is 1. The summed E-state index contributed by atoms with van der Waals surface area (Å²) in [6.07, 6.45) is 0. The van der Waals surface area contributed by atoms with Gasteiger partial charge < -0.3 is 5.32 Å². The monoisotopic (exact) mass is 284 g/mol. The highest BCUT2D eigenvalue weighted by atomic mass is 32.2. The van der Waals surface area contributed by atoms with Crippen molar-refractivity contribution < 1.29 is 13.2 Å². The second-order valence-corrected chi connectivity index (χ2v) is 6.79. The van der Waals surface area contributed by atoms with Crippen molar-refractivity contribution in [1.82, 2.24) is 9.62 Å². The minimum Gasteiger partial charge on any atom is -0.351 e. The van der Waals surface area contributed by atoms with Crippen LogP contribution in [-0.4, -0.2) is 38.0 Å². The molecule has 0 aliphatic heterocycles. The van der Waals surface area contributed by atoms with Crippen LogP contribution in [0.15, 0.2) is 24.3 Å². The summed E-state index contributed by atoms with van der Waals surface area (Å²) in [7, 11) is -1.90. The first-order valence-electron chi connectivity index (χ1n) is 6.11. The number of likely N-dealkylation sites (N-methyl/N-ethyl adjacent to an activating group) is 1. The van der Waals surface area contributed by atoms with Gasteiger partial charge in [0.05, 0.1) is 12.3 Å². The van der Waals surface area contributed by atoms with Gasteiger partial charge in [0.25, 0.3) is 0 Å². The van der Waals surface area contributed by atoms with Crippen LogP contribution in [0.1, 0.15) is 18.1 Å². The van der Waals surface area contributed by atoms with E-state index in [1.165, 1.54) is 7.05 Å². The van der Waals surface area contributed by atoms with E-state index in [-0.39, 0.29) is 18.2 Å². The molecule has 1 N–H and O–H groups in total. The van der Waals surface area contributed by atoms with Crippen LogP contribution in [0.2, 0.25) is 0 Å². The molecule has 0 radical (unpaired) electrons. The van der Waals surface area contributed by atoms with Crippen molar-refractivity contribution >= 4 is 15.9 Å². The fourth-order valence-electron chi connectivity index (χ4n) is 1.60. The summed E-state index contributed by atoms with van der Waals surface area (Å²) in [5, 5.41) is 2.71. The maximum atomic E-state index is 11.7. The lowest BCUT2D eigenvalue weighted by atomic mass is 10.1. The highest BCUT2D eigenvalue weighted by molar-refractivity contribution is 7.89. The van der Waals surface area contributed by atoms with Gasteiger partial charge in [-0.05, 0) is 19.4 Å². The lowest BCUT2D eigenvalue weighted by Gasteiger charge is -2.15. The Kier molecular flexibility index (Phi) is 5.50. The van der Waals surface area contributed by atoms with E-state index >= 15 is 0 Å². The van der Waals surface area contributed by atoms with Crippen molar-refractivity contribution in [3.05, 3.63) is 35.4 Å². The molecule has 0 fully saturated rings. The Morgan fingerprint density at radius 2 is 2.05 bits per heavy atom. The van der Waals surface area contributed by atoms with Gasteiger partial charge in [-0.1, -0.05) is 29.8 Å². The number of hydrogen-bond acceptors (Lipinski definition) is 3. The summed E-state index contributed by atoms with van der Waals surface area (Å²) < 4.78 is 24.1. The number of sulfonamides is 1. The number of carbonyl (C=O) groups is 1. The molecule has 106 valence electrons. The third-order valence-electron chi connectivity index (χ3n) is 2.78. The van der Waals surface area contributed by atoms with Gasteiger partial charge in [0.1, 0.15) is 0 Å². The Hall–Kier alpha value is -1.40. The first-order valence-corrected chi connectivity index (χ1v) is 7.72. The fourth-order valence-corrected chi connectivity index (χ4v) is 2.35. The lowest BCUT2D eigenvalue weighted by molar-refractivity contribution is -0.121. The molecule has 0 aliphatic carbocycles. The Morgan fingerprint density at radius 3 is 2.63 bits per heavy atom. The van der Waals surface area contributed by atoms with E-state index in [0.29, 0.717) is 6.54 Å². The number of hydrogen-bond donors (Lipinski definition) is 1. The molecule has 0 spiro atoms. The maximum absolute atomic E-state index is 11.7. The van der Waals surface area contributed by atoms with Gasteiger partial charge in [0.15, 0.2) is 0 Å². The molecule has 6 heteroatoms. The zero-order valence-corrected chi connectivity index (χ0v) is 12.3. The first kappa shape index (κ1) is 15.7. The van der Waals surface area contributed by atoms with Crippen molar-refractivity contribution in [2.45, 2.75) is 20.4 Å². The highest BCUT2D eigenvalue weighted by Gasteiger charge is 2.17. The largest absolute Gasteiger partial charge is 0.351 e. The molecule has 0 saturated carbocycles. The second kappa shape index (κ2) is 6.68. The van der Waals surface area contributed by atoms with E-state index in [2.05, 4.69) is 5.32 Å². The Bertz CT molecular complexity index is 541. The summed E-state index contributed by atoms with van der Waals surface area (Å²) in [6.45, 7) is 3.78. The Morgan fingerprint density at radius 1 is 1.37 bits per heavy atom. The van der Waals surface area contributed by atoms with Crippen LogP contribution in [0.3, 0.4) is 0 Å². The molecular formula is C13H20N2O3S. The lowest BCUT2D eigenvalue weighted by Crippen LogP contribution is -2.38. The normalized spacial score (nSPS) is 11.6. The second-order valence-electron chi connectivity index (χ2n) is 4.42.